The fourth-order valence-electron chi connectivity index (χ4n) is 3.55. The first kappa shape index (κ1) is 19.2. The number of aryl methyl sites for hydroxylation is 1. The van der Waals surface area contributed by atoms with Gasteiger partial charge >= 0.3 is 6.03 Å². The van der Waals surface area contributed by atoms with Gasteiger partial charge in [0.1, 0.15) is 5.82 Å². The Morgan fingerprint density at radius 2 is 1.89 bits per heavy atom. The number of rotatable bonds is 7. The number of hydrogen-bond donors (Lipinski definition) is 2. The summed E-state index contributed by atoms with van der Waals surface area (Å²) in [4.78, 5) is 14.4. The zero-order valence-corrected chi connectivity index (χ0v) is 15.9. The standard InChI is InChI=1S/C22H28FN3O/c1-2-13-26-14-3-4-19-15-17(7-10-21(19)26)11-12-24-22(27)25-16-18-5-8-20(23)9-6-18/h5-10,15H,2-4,11-14,16H2,1H3,(H2,24,25,27). The van der Waals surface area contributed by atoms with Crippen molar-refractivity contribution in [2.45, 2.75) is 39.2 Å². The molecule has 3 rings (SSSR count). The van der Waals surface area contributed by atoms with E-state index in [1.165, 1.54) is 35.4 Å². The summed E-state index contributed by atoms with van der Waals surface area (Å²) in [5, 5.41) is 5.68. The topological polar surface area (TPSA) is 44.4 Å². The third-order valence-corrected chi connectivity index (χ3v) is 4.92. The number of fused-ring (bicyclic) bond motifs is 1. The van der Waals surface area contributed by atoms with Crippen LogP contribution in [0.15, 0.2) is 42.5 Å². The SMILES string of the molecule is CCCN1CCCc2cc(CCNC(=O)NCc3ccc(F)cc3)ccc21. The van der Waals surface area contributed by atoms with E-state index in [4.69, 9.17) is 0 Å². The molecule has 4 nitrogen and oxygen atoms in total. The second-order valence-electron chi connectivity index (χ2n) is 7.04. The molecule has 0 atom stereocenters. The predicted octanol–water partition coefficient (Wildman–Crippen LogP) is 4.03. The lowest BCUT2D eigenvalue weighted by molar-refractivity contribution is 0.240. The molecule has 0 saturated carbocycles. The molecule has 0 spiro atoms. The van der Waals surface area contributed by atoms with E-state index < -0.39 is 0 Å². The van der Waals surface area contributed by atoms with Gasteiger partial charge in [-0.3, -0.25) is 0 Å². The van der Waals surface area contributed by atoms with Gasteiger partial charge in [0.2, 0.25) is 0 Å². The number of halogens is 1. The van der Waals surface area contributed by atoms with Crippen molar-refractivity contribution >= 4 is 11.7 Å². The molecular formula is C22H28FN3O. The Balaban J connectivity index is 1.44. The fourth-order valence-corrected chi connectivity index (χ4v) is 3.55. The van der Waals surface area contributed by atoms with E-state index in [1.54, 1.807) is 12.1 Å². The van der Waals surface area contributed by atoms with Crippen LogP contribution < -0.4 is 15.5 Å². The number of benzene rings is 2. The van der Waals surface area contributed by atoms with Crippen molar-refractivity contribution < 1.29 is 9.18 Å². The Labute approximate surface area is 160 Å². The lowest BCUT2D eigenvalue weighted by Crippen LogP contribution is -2.36. The number of nitrogens with zero attached hydrogens (tertiary/aromatic N) is 1. The van der Waals surface area contributed by atoms with E-state index in [1.807, 2.05) is 0 Å². The van der Waals surface area contributed by atoms with Gasteiger partial charge in [0.05, 0.1) is 0 Å². The number of amides is 2. The molecule has 0 saturated heterocycles. The molecule has 0 unspecified atom stereocenters. The van der Waals surface area contributed by atoms with E-state index in [0.717, 1.165) is 37.9 Å². The van der Waals surface area contributed by atoms with Crippen molar-refractivity contribution in [1.29, 1.82) is 0 Å². The largest absolute Gasteiger partial charge is 0.371 e. The highest BCUT2D eigenvalue weighted by Gasteiger charge is 2.16. The van der Waals surface area contributed by atoms with Crippen molar-refractivity contribution in [2.75, 3.05) is 24.5 Å². The number of hydrogen-bond acceptors (Lipinski definition) is 2. The van der Waals surface area contributed by atoms with Crippen molar-refractivity contribution in [1.82, 2.24) is 10.6 Å². The summed E-state index contributed by atoms with van der Waals surface area (Å²) < 4.78 is 12.9. The van der Waals surface area contributed by atoms with Crippen LogP contribution in [0.3, 0.4) is 0 Å². The fraction of sp³-hybridized carbons (Fsp3) is 0.409. The molecule has 144 valence electrons. The average molecular weight is 369 g/mol. The molecule has 2 amide bonds. The highest BCUT2D eigenvalue weighted by atomic mass is 19.1. The van der Waals surface area contributed by atoms with Crippen LogP contribution in [-0.4, -0.2) is 25.7 Å². The molecule has 0 aliphatic carbocycles. The van der Waals surface area contributed by atoms with Crippen LogP contribution in [0.1, 0.15) is 36.5 Å². The Hall–Kier alpha value is -2.56. The number of nitrogens with one attached hydrogen (secondary N) is 2. The minimum Gasteiger partial charge on any atom is -0.371 e. The minimum absolute atomic E-state index is 0.202. The number of anilines is 1. The second-order valence-corrected chi connectivity index (χ2v) is 7.04. The minimum atomic E-state index is -0.272. The summed E-state index contributed by atoms with van der Waals surface area (Å²) in [6.45, 7) is 5.46. The van der Waals surface area contributed by atoms with Gasteiger partial charge in [0.15, 0.2) is 0 Å². The van der Waals surface area contributed by atoms with Gasteiger partial charge in [-0.2, -0.15) is 0 Å². The molecule has 0 aromatic heterocycles. The maximum Gasteiger partial charge on any atom is 0.315 e. The normalized spacial score (nSPS) is 13.2. The first-order chi connectivity index (χ1) is 13.2. The van der Waals surface area contributed by atoms with E-state index in [2.05, 4.69) is 40.7 Å². The second kappa shape index (κ2) is 9.40. The van der Waals surface area contributed by atoms with Crippen LogP contribution in [0.2, 0.25) is 0 Å². The maximum atomic E-state index is 12.9. The van der Waals surface area contributed by atoms with Crippen LogP contribution in [0.5, 0.6) is 0 Å². The summed E-state index contributed by atoms with van der Waals surface area (Å²) in [6.07, 6.45) is 4.32. The van der Waals surface area contributed by atoms with Crippen LogP contribution in [-0.2, 0) is 19.4 Å². The van der Waals surface area contributed by atoms with E-state index in [-0.39, 0.29) is 11.8 Å². The summed E-state index contributed by atoms with van der Waals surface area (Å²) in [5.74, 6) is -0.272. The quantitative estimate of drug-likeness (QED) is 0.774. The third kappa shape index (κ3) is 5.46. The number of urea groups is 1. The van der Waals surface area contributed by atoms with E-state index in [9.17, 15) is 9.18 Å². The van der Waals surface area contributed by atoms with Gasteiger partial charge in [-0.15, -0.1) is 0 Å². The van der Waals surface area contributed by atoms with Crippen molar-refractivity contribution in [3.05, 3.63) is 65.0 Å². The average Bonchev–Trinajstić information content (AvgIpc) is 2.68. The highest BCUT2D eigenvalue weighted by molar-refractivity contribution is 5.73. The van der Waals surface area contributed by atoms with Gasteiger partial charge < -0.3 is 15.5 Å². The third-order valence-electron chi connectivity index (χ3n) is 4.92. The van der Waals surface area contributed by atoms with Crippen molar-refractivity contribution in [3.63, 3.8) is 0 Å². The first-order valence-electron chi connectivity index (χ1n) is 9.78. The molecule has 0 bridgehead atoms. The molecule has 2 aromatic carbocycles. The number of carbonyl (C=O) groups excluding carboxylic acids is 1. The maximum absolute atomic E-state index is 12.9. The van der Waals surface area contributed by atoms with E-state index in [0.29, 0.717) is 13.1 Å². The Bertz CT molecular complexity index is 761. The molecule has 1 aliphatic heterocycles. The monoisotopic (exact) mass is 369 g/mol. The summed E-state index contributed by atoms with van der Waals surface area (Å²) in [7, 11) is 0. The first-order valence-corrected chi connectivity index (χ1v) is 9.78. The molecular weight excluding hydrogens is 341 g/mol. The van der Waals surface area contributed by atoms with Crippen molar-refractivity contribution in [3.8, 4) is 0 Å². The smallest absolute Gasteiger partial charge is 0.315 e. The van der Waals surface area contributed by atoms with Gasteiger partial charge in [-0.25, -0.2) is 9.18 Å². The zero-order valence-electron chi connectivity index (χ0n) is 15.9. The van der Waals surface area contributed by atoms with Gasteiger partial charge in [-0.1, -0.05) is 31.2 Å². The molecule has 0 fully saturated rings. The van der Waals surface area contributed by atoms with Crippen molar-refractivity contribution in [2.24, 2.45) is 0 Å². The predicted molar refractivity (Wildman–Crippen MR) is 108 cm³/mol. The Morgan fingerprint density at radius 1 is 1.11 bits per heavy atom. The summed E-state index contributed by atoms with van der Waals surface area (Å²) in [6, 6.07) is 12.6. The van der Waals surface area contributed by atoms with Crippen LogP contribution >= 0.6 is 0 Å². The van der Waals surface area contributed by atoms with E-state index >= 15 is 0 Å². The molecule has 1 heterocycles. The van der Waals surface area contributed by atoms with Gasteiger partial charge in [0.25, 0.3) is 0 Å². The highest BCUT2D eigenvalue weighted by Crippen LogP contribution is 2.28. The van der Waals surface area contributed by atoms with Crippen LogP contribution in [0.25, 0.3) is 0 Å². The molecule has 2 aromatic rings. The summed E-state index contributed by atoms with van der Waals surface area (Å²) >= 11 is 0. The van der Waals surface area contributed by atoms with Gasteiger partial charge in [-0.05, 0) is 60.6 Å². The lowest BCUT2D eigenvalue weighted by Gasteiger charge is -2.31. The van der Waals surface area contributed by atoms with Crippen LogP contribution in [0.4, 0.5) is 14.9 Å². The van der Waals surface area contributed by atoms with Gasteiger partial charge in [0, 0.05) is 31.9 Å². The number of carbonyl (C=O) groups is 1. The molecule has 0 radical (unpaired) electrons. The molecule has 2 N–H and O–H groups in total. The lowest BCUT2D eigenvalue weighted by atomic mass is 9.98. The molecule has 1 aliphatic rings. The molecule has 27 heavy (non-hydrogen) atoms. The molecule has 5 heteroatoms. The summed E-state index contributed by atoms with van der Waals surface area (Å²) in [5.41, 5.74) is 4.92. The Morgan fingerprint density at radius 3 is 2.67 bits per heavy atom. The Kier molecular flexibility index (Phi) is 6.69. The zero-order chi connectivity index (χ0) is 19.1. The van der Waals surface area contributed by atoms with Crippen LogP contribution in [0, 0.1) is 5.82 Å².